The van der Waals surface area contributed by atoms with E-state index in [1.807, 2.05) is 4.90 Å². The summed E-state index contributed by atoms with van der Waals surface area (Å²) < 4.78 is 10.5. The lowest BCUT2D eigenvalue weighted by atomic mass is 9.98. The average molecular weight is 315 g/mol. The zero-order chi connectivity index (χ0) is 14.5. The van der Waals surface area contributed by atoms with Crippen LogP contribution in [0.4, 0.5) is 0 Å². The van der Waals surface area contributed by atoms with E-state index in [1.165, 1.54) is 0 Å². The van der Waals surface area contributed by atoms with E-state index < -0.39 is 0 Å². The molecule has 118 valence electrons. The molecule has 2 rings (SSSR count). The maximum atomic E-state index is 12.6. The maximum absolute atomic E-state index is 12.6. The molecule has 0 aromatic heterocycles. The summed E-state index contributed by atoms with van der Waals surface area (Å²) in [4.78, 5) is 14.4. The molecule has 1 amide bonds. The zero-order valence-corrected chi connectivity index (χ0v) is 13.3. The third-order valence-electron chi connectivity index (χ3n) is 3.87. The summed E-state index contributed by atoms with van der Waals surface area (Å²) in [6, 6.07) is 7.22. The molecule has 6 heteroatoms. The standard InChI is InChI=1S/C15H22N2O3.ClH/c1-19-13-5-3-11(4-6-13)15(18)17-8-7-14(20-2)9-12(17)10-16;/h3-6,12,14H,7-10,16H2,1-2H3;1H. The lowest BCUT2D eigenvalue weighted by Crippen LogP contribution is -2.51. The molecular formula is C15H23ClN2O3. The normalized spacial score (nSPS) is 21.6. The summed E-state index contributed by atoms with van der Waals surface area (Å²) in [7, 11) is 3.32. The van der Waals surface area contributed by atoms with Crippen LogP contribution in [0.5, 0.6) is 5.75 Å². The van der Waals surface area contributed by atoms with Gasteiger partial charge in [0.15, 0.2) is 0 Å². The monoisotopic (exact) mass is 314 g/mol. The van der Waals surface area contributed by atoms with Gasteiger partial charge in [-0.2, -0.15) is 0 Å². The molecule has 1 aromatic carbocycles. The van der Waals surface area contributed by atoms with Gasteiger partial charge in [-0.25, -0.2) is 0 Å². The Balaban J connectivity index is 0.00000220. The molecule has 5 nitrogen and oxygen atoms in total. The zero-order valence-electron chi connectivity index (χ0n) is 12.5. The number of ether oxygens (including phenoxy) is 2. The summed E-state index contributed by atoms with van der Waals surface area (Å²) in [6.45, 7) is 1.15. The lowest BCUT2D eigenvalue weighted by Gasteiger charge is -2.38. The molecule has 1 saturated heterocycles. The van der Waals surface area contributed by atoms with Crippen LogP contribution in [0.3, 0.4) is 0 Å². The third kappa shape index (κ3) is 4.09. The van der Waals surface area contributed by atoms with Crippen LogP contribution < -0.4 is 10.5 Å². The van der Waals surface area contributed by atoms with Gasteiger partial charge >= 0.3 is 0 Å². The first kappa shape index (κ1) is 17.8. The molecule has 21 heavy (non-hydrogen) atoms. The lowest BCUT2D eigenvalue weighted by molar-refractivity contribution is 0.0139. The minimum atomic E-state index is 0. The fraction of sp³-hybridized carbons (Fsp3) is 0.533. The predicted octanol–water partition coefficient (Wildman–Crippen LogP) is 1.70. The first-order valence-corrected chi connectivity index (χ1v) is 6.87. The van der Waals surface area contributed by atoms with Crippen molar-refractivity contribution in [3.8, 4) is 5.75 Å². The Labute approximate surface area is 131 Å². The first-order valence-electron chi connectivity index (χ1n) is 6.87. The number of benzene rings is 1. The van der Waals surface area contributed by atoms with Gasteiger partial charge in [-0.3, -0.25) is 4.79 Å². The molecule has 0 aliphatic carbocycles. The third-order valence-corrected chi connectivity index (χ3v) is 3.87. The molecule has 0 bridgehead atoms. The highest BCUT2D eigenvalue weighted by Crippen LogP contribution is 2.22. The number of carbonyl (C=O) groups is 1. The molecule has 1 fully saturated rings. The van der Waals surface area contributed by atoms with Crippen molar-refractivity contribution in [1.82, 2.24) is 4.90 Å². The van der Waals surface area contributed by atoms with E-state index in [-0.39, 0.29) is 30.5 Å². The topological polar surface area (TPSA) is 64.8 Å². The number of halogens is 1. The molecule has 1 heterocycles. The van der Waals surface area contributed by atoms with Crippen LogP contribution in [0.25, 0.3) is 0 Å². The van der Waals surface area contributed by atoms with Crippen LogP contribution in [0.1, 0.15) is 23.2 Å². The van der Waals surface area contributed by atoms with Crippen LogP contribution in [-0.2, 0) is 4.74 Å². The number of piperidine rings is 1. The average Bonchev–Trinajstić information content (AvgIpc) is 2.53. The van der Waals surface area contributed by atoms with Gasteiger partial charge in [0.25, 0.3) is 5.91 Å². The summed E-state index contributed by atoms with van der Waals surface area (Å²) in [5, 5.41) is 0. The van der Waals surface area contributed by atoms with Crippen LogP contribution in [0, 0.1) is 0 Å². The highest BCUT2D eigenvalue weighted by molar-refractivity contribution is 5.94. The van der Waals surface area contributed by atoms with Crippen LogP contribution in [0.15, 0.2) is 24.3 Å². The van der Waals surface area contributed by atoms with Crippen molar-refractivity contribution in [3.63, 3.8) is 0 Å². The summed E-state index contributed by atoms with van der Waals surface area (Å²) in [5.74, 6) is 0.771. The molecule has 0 radical (unpaired) electrons. The van der Waals surface area contributed by atoms with Crippen molar-refractivity contribution in [2.75, 3.05) is 27.3 Å². The molecule has 2 unspecified atom stereocenters. The summed E-state index contributed by atoms with van der Waals surface area (Å²) in [6.07, 6.45) is 1.85. The second-order valence-corrected chi connectivity index (χ2v) is 5.00. The van der Waals surface area contributed by atoms with Gasteiger partial charge in [-0.05, 0) is 37.1 Å². The Morgan fingerprint density at radius 2 is 2.00 bits per heavy atom. The van der Waals surface area contributed by atoms with Gasteiger partial charge < -0.3 is 20.1 Å². The van der Waals surface area contributed by atoms with Crippen molar-refractivity contribution < 1.29 is 14.3 Å². The van der Waals surface area contributed by atoms with Gasteiger partial charge in [0, 0.05) is 31.8 Å². The van der Waals surface area contributed by atoms with Crippen molar-refractivity contribution in [2.24, 2.45) is 5.73 Å². The quantitative estimate of drug-likeness (QED) is 0.918. The van der Waals surface area contributed by atoms with Crippen LogP contribution >= 0.6 is 12.4 Å². The van der Waals surface area contributed by atoms with E-state index in [0.29, 0.717) is 18.7 Å². The van der Waals surface area contributed by atoms with E-state index in [2.05, 4.69) is 0 Å². The number of amides is 1. The van der Waals surface area contributed by atoms with Gasteiger partial charge in [0.1, 0.15) is 5.75 Å². The van der Waals surface area contributed by atoms with Gasteiger partial charge in [-0.15, -0.1) is 12.4 Å². The fourth-order valence-corrected chi connectivity index (χ4v) is 2.62. The fourth-order valence-electron chi connectivity index (χ4n) is 2.62. The number of hydrogen-bond donors (Lipinski definition) is 1. The molecular weight excluding hydrogens is 292 g/mol. The Bertz CT molecular complexity index is 453. The molecule has 0 spiro atoms. The maximum Gasteiger partial charge on any atom is 0.254 e. The highest BCUT2D eigenvalue weighted by atomic mass is 35.5. The Morgan fingerprint density at radius 1 is 1.33 bits per heavy atom. The minimum Gasteiger partial charge on any atom is -0.497 e. The van der Waals surface area contributed by atoms with Crippen molar-refractivity contribution in [2.45, 2.75) is 25.0 Å². The van der Waals surface area contributed by atoms with E-state index in [1.54, 1.807) is 38.5 Å². The predicted molar refractivity (Wildman–Crippen MR) is 84.2 cm³/mol. The first-order chi connectivity index (χ1) is 9.69. The molecule has 1 aliphatic heterocycles. The van der Waals surface area contributed by atoms with E-state index in [0.717, 1.165) is 18.6 Å². The molecule has 2 N–H and O–H groups in total. The number of rotatable bonds is 4. The smallest absolute Gasteiger partial charge is 0.254 e. The Kier molecular flexibility index (Phi) is 6.95. The SMILES string of the molecule is COc1ccc(C(=O)N2CCC(OC)CC2CN)cc1.Cl. The van der Waals surface area contributed by atoms with Gasteiger partial charge in [0.2, 0.25) is 0 Å². The van der Waals surface area contributed by atoms with Crippen molar-refractivity contribution >= 4 is 18.3 Å². The van der Waals surface area contributed by atoms with Crippen molar-refractivity contribution in [3.05, 3.63) is 29.8 Å². The number of nitrogens with zero attached hydrogens (tertiary/aromatic N) is 1. The Morgan fingerprint density at radius 3 is 2.52 bits per heavy atom. The number of methoxy groups -OCH3 is 2. The Hall–Kier alpha value is -1.30. The molecule has 1 aromatic rings. The largest absolute Gasteiger partial charge is 0.497 e. The number of nitrogens with two attached hydrogens (primary N) is 1. The van der Waals surface area contributed by atoms with Crippen molar-refractivity contribution in [1.29, 1.82) is 0 Å². The minimum absolute atomic E-state index is 0. The second kappa shape index (κ2) is 8.22. The summed E-state index contributed by atoms with van der Waals surface area (Å²) in [5.41, 5.74) is 6.47. The number of likely N-dealkylation sites (tertiary alicyclic amines) is 1. The number of carbonyl (C=O) groups excluding carboxylic acids is 1. The number of hydrogen-bond acceptors (Lipinski definition) is 4. The molecule has 0 saturated carbocycles. The van der Waals surface area contributed by atoms with E-state index in [9.17, 15) is 4.79 Å². The van der Waals surface area contributed by atoms with Gasteiger partial charge in [-0.1, -0.05) is 0 Å². The highest BCUT2D eigenvalue weighted by Gasteiger charge is 2.31. The van der Waals surface area contributed by atoms with E-state index >= 15 is 0 Å². The van der Waals surface area contributed by atoms with Crippen LogP contribution in [-0.4, -0.2) is 50.3 Å². The van der Waals surface area contributed by atoms with E-state index in [4.69, 9.17) is 15.2 Å². The molecule has 1 aliphatic rings. The molecule has 2 atom stereocenters. The van der Waals surface area contributed by atoms with Crippen LogP contribution in [0.2, 0.25) is 0 Å². The second-order valence-electron chi connectivity index (χ2n) is 5.00. The summed E-state index contributed by atoms with van der Waals surface area (Å²) >= 11 is 0. The van der Waals surface area contributed by atoms with Gasteiger partial charge in [0.05, 0.1) is 13.2 Å².